The minimum atomic E-state index is -0.290. The molecular formula is C15H21N3O2. The van der Waals surface area contributed by atoms with Crippen LogP contribution in [-0.2, 0) is 0 Å². The van der Waals surface area contributed by atoms with Gasteiger partial charge in [0.1, 0.15) is 5.56 Å². The normalized spacial score (nSPS) is 28.4. The Bertz CT molecular complexity index is 585. The van der Waals surface area contributed by atoms with E-state index in [1.54, 1.807) is 0 Å². The quantitative estimate of drug-likeness (QED) is 0.839. The molecule has 1 unspecified atom stereocenters. The number of nitrogens with zero attached hydrogens (tertiary/aromatic N) is 1. The van der Waals surface area contributed by atoms with Crippen molar-refractivity contribution >= 4 is 5.91 Å². The van der Waals surface area contributed by atoms with E-state index in [1.807, 2.05) is 19.9 Å². The van der Waals surface area contributed by atoms with E-state index in [0.29, 0.717) is 5.92 Å². The summed E-state index contributed by atoms with van der Waals surface area (Å²) < 4.78 is 0. The van der Waals surface area contributed by atoms with Crippen LogP contribution in [0.2, 0.25) is 0 Å². The van der Waals surface area contributed by atoms with Crippen LogP contribution in [0.25, 0.3) is 0 Å². The molecule has 0 spiro atoms. The molecule has 3 aliphatic heterocycles. The number of hydrogen-bond acceptors (Lipinski definition) is 3. The third kappa shape index (κ3) is 2.38. The summed E-state index contributed by atoms with van der Waals surface area (Å²) in [6, 6.07) is 2.03. The molecule has 20 heavy (non-hydrogen) atoms. The largest absolute Gasteiger partial charge is 0.348 e. The summed E-state index contributed by atoms with van der Waals surface area (Å²) >= 11 is 0. The molecule has 0 aliphatic carbocycles. The Morgan fingerprint density at radius 1 is 1.35 bits per heavy atom. The summed E-state index contributed by atoms with van der Waals surface area (Å²) in [5.74, 6) is 0.330. The molecular weight excluding hydrogens is 254 g/mol. The second-order valence-electron chi connectivity index (χ2n) is 6.06. The number of nitrogens with one attached hydrogen (secondary N) is 2. The molecule has 1 atom stereocenters. The zero-order valence-electron chi connectivity index (χ0n) is 12.0. The third-order valence-corrected chi connectivity index (χ3v) is 4.56. The van der Waals surface area contributed by atoms with E-state index >= 15 is 0 Å². The van der Waals surface area contributed by atoms with Crippen molar-refractivity contribution in [2.45, 2.75) is 32.7 Å². The van der Waals surface area contributed by atoms with E-state index in [0.717, 1.165) is 43.7 Å². The van der Waals surface area contributed by atoms with Gasteiger partial charge in [0, 0.05) is 18.3 Å². The van der Waals surface area contributed by atoms with Crippen LogP contribution in [0, 0.1) is 19.8 Å². The minimum absolute atomic E-state index is 0.185. The number of fused-ring (bicyclic) bond motifs is 3. The van der Waals surface area contributed by atoms with Crippen LogP contribution in [0.3, 0.4) is 0 Å². The molecule has 4 heterocycles. The third-order valence-electron chi connectivity index (χ3n) is 4.56. The summed E-state index contributed by atoms with van der Waals surface area (Å²) in [7, 11) is 0. The average molecular weight is 275 g/mol. The number of carbonyl (C=O) groups is 1. The van der Waals surface area contributed by atoms with Crippen LogP contribution in [0.4, 0.5) is 0 Å². The van der Waals surface area contributed by atoms with Gasteiger partial charge in [0.25, 0.3) is 11.5 Å². The number of rotatable bonds is 2. The van der Waals surface area contributed by atoms with Gasteiger partial charge in [0.05, 0.1) is 0 Å². The zero-order valence-corrected chi connectivity index (χ0v) is 12.0. The van der Waals surface area contributed by atoms with Crippen molar-refractivity contribution < 1.29 is 4.79 Å². The molecule has 3 saturated heterocycles. The highest BCUT2D eigenvalue weighted by Crippen LogP contribution is 2.27. The van der Waals surface area contributed by atoms with E-state index in [2.05, 4.69) is 15.2 Å². The maximum Gasteiger partial charge on any atom is 0.261 e. The lowest BCUT2D eigenvalue weighted by molar-refractivity contribution is 0.0619. The zero-order chi connectivity index (χ0) is 14.3. The number of pyridine rings is 1. The lowest BCUT2D eigenvalue weighted by Crippen LogP contribution is -2.57. The Morgan fingerprint density at radius 3 is 2.60 bits per heavy atom. The highest BCUT2D eigenvalue weighted by Gasteiger charge is 2.35. The number of piperidine rings is 3. The van der Waals surface area contributed by atoms with E-state index in [9.17, 15) is 9.59 Å². The molecule has 3 aliphatic rings. The molecule has 1 amide bonds. The summed E-state index contributed by atoms with van der Waals surface area (Å²) in [5.41, 5.74) is 1.49. The van der Waals surface area contributed by atoms with Gasteiger partial charge in [-0.3, -0.25) is 9.59 Å². The first-order valence-electron chi connectivity index (χ1n) is 7.28. The molecule has 108 valence electrons. The van der Waals surface area contributed by atoms with Crippen LogP contribution < -0.4 is 10.9 Å². The van der Waals surface area contributed by atoms with Gasteiger partial charge in [-0.25, -0.2) is 0 Å². The molecule has 4 rings (SSSR count). The molecule has 1 aromatic rings. The first-order chi connectivity index (χ1) is 9.54. The fourth-order valence-corrected chi connectivity index (χ4v) is 3.51. The maximum absolute atomic E-state index is 12.4. The van der Waals surface area contributed by atoms with Crippen molar-refractivity contribution in [1.82, 2.24) is 15.2 Å². The van der Waals surface area contributed by atoms with Gasteiger partial charge in [0.2, 0.25) is 0 Å². The molecule has 0 aromatic carbocycles. The van der Waals surface area contributed by atoms with Gasteiger partial charge in [-0.1, -0.05) is 0 Å². The number of aromatic amines is 1. The van der Waals surface area contributed by atoms with Crippen LogP contribution in [0.5, 0.6) is 0 Å². The number of aromatic nitrogens is 1. The van der Waals surface area contributed by atoms with Crippen LogP contribution in [-0.4, -0.2) is 41.5 Å². The van der Waals surface area contributed by atoms with Crippen molar-refractivity contribution in [3.63, 3.8) is 0 Å². The topological polar surface area (TPSA) is 65.2 Å². The molecule has 5 heteroatoms. The van der Waals surface area contributed by atoms with Gasteiger partial charge in [-0.05, 0) is 57.3 Å². The number of hydrogen-bond donors (Lipinski definition) is 2. The fourth-order valence-electron chi connectivity index (χ4n) is 3.51. The summed E-state index contributed by atoms with van der Waals surface area (Å²) in [4.78, 5) is 29.5. The van der Waals surface area contributed by atoms with Gasteiger partial charge < -0.3 is 15.2 Å². The Morgan fingerprint density at radius 2 is 2.05 bits per heavy atom. The highest BCUT2D eigenvalue weighted by molar-refractivity contribution is 5.95. The SMILES string of the molecule is Cc1cc(C)c(C(=O)NC2CN3CCC2CC3)c(=O)[nH]1. The van der Waals surface area contributed by atoms with Crippen molar-refractivity contribution in [3.8, 4) is 0 Å². The van der Waals surface area contributed by atoms with Gasteiger partial charge in [-0.15, -0.1) is 0 Å². The highest BCUT2D eigenvalue weighted by atomic mass is 16.2. The Kier molecular flexibility index (Phi) is 3.38. The average Bonchev–Trinajstić information content (AvgIpc) is 2.38. The lowest BCUT2D eigenvalue weighted by Gasteiger charge is -2.44. The molecule has 2 bridgehead atoms. The fraction of sp³-hybridized carbons (Fsp3) is 0.600. The Balaban J connectivity index is 1.79. The van der Waals surface area contributed by atoms with E-state index in [4.69, 9.17) is 0 Å². The number of aryl methyl sites for hydroxylation is 2. The summed E-state index contributed by atoms with van der Waals surface area (Å²) in [5, 5.41) is 3.07. The van der Waals surface area contributed by atoms with Crippen molar-refractivity contribution in [1.29, 1.82) is 0 Å². The lowest BCUT2D eigenvalue weighted by atomic mass is 9.84. The molecule has 1 aromatic heterocycles. The second-order valence-corrected chi connectivity index (χ2v) is 6.06. The summed E-state index contributed by atoms with van der Waals surface area (Å²) in [6.07, 6.45) is 2.29. The van der Waals surface area contributed by atoms with E-state index in [1.165, 1.54) is 0 Å². The number of H-pyrrole nitrogens is 1. The molecule has 5 nitrogen and oxygen atoms in total. The van der Waals surface area contributed by atoms with E-state index < -0.39 is 0 Å². The van der Waals surface area contributed by atoms with E-state index in [-0.39, 0.29) is 23.1 Å². The van der Waals surface area contributed by atoms with Crippen molar-refractivity contribution in [2.24, 2.45) is 5.92 Å². The molecule has 2 N–H and O–H groups in total. The second kappa shape index (κ2) is 5.05. The standard InChI is InChI=1S/C15H21N3O2/c1-9-7-10(2)16-14(19)13(9)15(20)17-12-8-18-5-3-11(12)4-6-18/h7,11-12H,3-6,8H2,1-2H3,(H,16,19)(H,17,20). The Labute approximate surface area is 118 Å². The first kappa shape index (κ1) is 13.4. The van der Waals surface area contributed by atoms with Gasteiger partial charge in [-0.2, -0.15) is 0 Å². The smallest absolute Gasteiger partial charge is 0.261 e. The van der Waals surface area contributed by atoms with Crippen molar-refractivity contribution in [2.75, 3.05) is 19.6 Å². The number of carbonyl (C=O) groups excluding carboxylic acids is 1. The summed E-state index contributed by atoms with van der Waals surface area (Å²) in [6.45, 7) is 6.83. The van der Waals surface area contributed by atoms with Gasteiger partial charge >= 0.3 is 0 Å². The molecule has 0 radical (unpaired) electrons. The minimum Gasteiger partial charge on any atom is -0.348 e. The van der Waals surface area contributed by atoms with Crippen LogP contribution in [0.1, 0.15) is 34.5 Å². The Hall–Kier alpha value is -1.62. The van der Waals surface area contributed by atoms with Crippen LogP contribution >= 0.6 is 0 Å². The number of amides is 1. The monoisotopic (exact) mass is 275 g/mol. The maximum atomic E-state index is 12.4. The first-order valence-corrected chi connectivity index (χ1v) is 7.28. The molecule has 0 saturated carbocycles. The van der Waals surface area contributed by atoms with Crippen molar-refractivity contribution in [3.05, 3.63) is 33.2 Å². The van der Waals surface area contributed by atoms with Gasteiger partial charge in [0.15, 0.2) is 0 Å². The molecule has 3 fully saturated rings. The predicted octanol–water partition coefficient (Wildman–Crippen LogP) is 0.816. The predicted molar refractivity (Wildman–Crippen MR) is 77.0 cm³/mol. The van der Waals surface area contributed by atoms with Crippen LogP contribution in [0.15, 0.2) is 10.9 Å².